The second-order valence-electron chi connectivity index (χ2n) is 4.33. The summed E-state index contributed by atoms with van der Waals surface area (Å²) in [4.78, 5) is 21.1. The summed E-state index contributed by atoms with van der Waals surface area (Å²) in [6.45, 7) is 0.533. The standard InChI is InChI=1S/C11H10BrClN4O2/c12-8-7-9(13)14-3-5-17(7)10(15-8)6-2-1-4-16(6)11(18)19/h3,5-6H,1-2,4H2,(H,18,19). The Hall–Kier alpha value is -1.34. The van der Waals surface area contributed by atoms with E-state index < -0.39 is 6.09 Å². The molecule has 2 aromatic heterocycles. The smallest absolute Gasteiger partial charge is 0.407 e. The van der Waals surface area contributed by atoms with Crippen LogP contribution < -0.4 is 0 Å². The van der Waals surface area contributed by atoms with Gasteiger partial charge in [0.15, 0.2) is 5.15 Å². The van der Waals surface area contributed by atoms with E-state index in [1.54, 1.807) is 16.8 Å². The number of hydrogen-bond donors (Lipinski definition) is 1. The van der Waals surface area contributed by atoms with Crippen molar-refractivity contribution in [3.8, 4) is 0 Å². The second kappa shape index (κ2) is 4.64. The Morgan fingerprint density at radius 1 is 1.58 bits per heavy atom. The van der Waals surface area contributed by atoms with E-state index in [-0.39, 0.29) is 6.04 Å². The van der Waals surface area contributed by atoms with E-state index in [1.165, 1.54) is 4.90 Å². The highest BCUT2D eigenvalue weighted by molar-refractivity contribution is 9.10. The molecule has 19 heavy (non-hydrogen) atoms. The Labute approximate surface area is 122 Å². The maximum Gasteiger partial charge on any atom is 0.407 e. The van der Waals surface area contributed by atoms with Crippen molar-refractivity contribution < 1.29 is 9.90 Å². The van der Waals surface area contributed by atoms with Crippen LogP contribution >= 0.6 is 27.5 Å². The topological polar surface area (TPSA) is 70.7 Å². The molecule has 6 nitrogen and oxygen atoms in total. The number of halogens is 2. The number of carboxylic acid groups (broad SMARTS) is 1. The Kier molecular flexibility index (Phi) is 3.10. The maximum absolute atomic E-state index is 11.2. The molecule has 0 aliphatic carbocycles. The number of rotatable bonds is 1. The van der Waals surface area contributed by atoms with Crippen molar-refractivity contribution in [1.82, 2.24) is 19.3 Å². The van der Waals surface area contributed by atoms with Crippen molar-refractivity contribution in [1.29, 1.82) is 0 Å². The Morgan fingerprint density at radius 3 is 3.11 bits per heavy atom. The van der Waals surface area contributed by atoms with Gasteiger partial charge < -0.3 is 5.11 Å². The lowest BCUT2D eigenvalue weighted by molar-refractivity contribution is 0.138. The van der Waals surface area contributed by atoms with E-state index in [1.807, 2.05) is 0 Å². The van der Waals surface area contributed by atoms with Crippen molar-refractivity contribution in [3.63, 3.8) is 0 Å². The van der Waals surface area contributed by atoms with Gasteiger partial charge in [-0.05, 0) is 28.8 Å². The zero-order valence-electron chi connectivity index (χ0n) is 9.75. The normalized spacial score (nSPS) is 19.3. The van der Waals surface area contributed by atoms with Crippen LogP contribution in [0.2, 0.25) is 5.15 Å². The molecule has 0 aromatic carbocycles. The first-order valence-electron chi connectivity index (χ1n) is 5.77. The highest BCUT2D eigenvalue weighted by atomic mass is 79.9. The molecule has 0 saturated carbocycles. The van der Waals surface area contributed by atoms with E-state index in [4.69, 9.17) is 11.6 Å². The van der Waals surface area contributed by atoms with Crippen molar-refractivity contribution in [2.24, 2.45) is 0 Å². The summed E-state index contributed by atoms with van der Waals surface area (Å²) in [5.74, 6) is 0.672. The minimum atomic E-state index is -0.921. The summed E-state index contributed by atoms with van der Waals surface area (Å²) in [6.07, 6.45) is 4.00. The molecule has 1 saturated heterocycles. The zero-order valence-corrected chi connectivity index (χ0v) is 12.1. The average molecular weight is 346 g/mol. The molecule has 0 radical (unpaired) electrons. The number of hydrogen-bond acceptors (Lipinski definition) is 3. The third-order valence-electron chi connectivity index (χ3n) is 3.29. The van der Waals surface area contributed by atoms with E-state index in [0.29, 0.717) is 27.6 Å². The lowest BCUT2D eigenvalue weighted by atomic mass is 10.2. The molecule has 100 valence electrons. The van der Waals surface area contributed by atoms with Gasteiger partial charge in [0.1, 0.15) is 15.9 Å². The molecular weight excluding hydrogens is 336 g/mol. The van der Waals surface area contributed by atoms with E-state index in [9.17, 15) is 9.90 Å². The molecule has 1 amide bonds. The highest BCUT2D eigenvalue weighted by Gasteiger charge is 2.33. The van der Waals surface area contributed by atoms with Crippen LogP contribution in [-0.4, -0.2) is 37.0 Å². The molecule has 3 rings (SSSR count). The molecule has 1 aliphatic heterocycles. The maximum atomic E-state index is 11.2. The number of nitrogens with zero attached hydrogens (tertiary/aromatic N) is 4. The summed E-state index contributed by atoms with van der Waals surface area (Å²) < 4.78 is 2.38. The summed E-state index contributed by atoms with van der Waals surface area (Å²) in [5.41, 5.74) is 0.663. The fourth-order valence-electron chi connectivity index (χ4n) is 2.48. The SMILES string of the molecule is O=C(O)N1CCCC1c1nc(Br)c2c(Cl)nccn12. The molecule has 1 fully saturated rings. The molecule has 1 N–H and O–H groups in total. The largest absolute Gasteiger partial charge is 0.465 e. The molecule has 3 heterocycles. The van der Waals surface area contributed by atoms with Crippen LogP contribution in [0.15, 0.2) is 17.0 Å². The van der Waals surface area contributed by atoms with Gasteiger partial charge >= 0.3 is 6.09 Å². The van der Waals surface area contributed by atoms with Crippen molar-refractivity contribution >= 4 is 39.1 Å². The van der Waals surface area contributed by atoms with Gasteiger partial charge in [-0.3, -0.25) is 9.30 Å². The monoisotopic (exact) mass is 344 g/mol. The van der Waals surface area contributed by atoms with Crippen molar-refractivity contribution in [3.05, 3.63) is 28.0 Å². The first-order chi connectivity index (χ1) is 9.09. The van der Waals surface area contributed by atoms with Gasteiger partial charge in [-0.1, -0.05) is 11.6 Å². The molecule has 2 aromatic rings. The Balaban J connectivity index is 2.16. The van der Waals surface area contributed by atoms with Crippen LogP contribution in [0.4, 0.5) is 4.79 Å². The summed E-state index contributed by atoms with van der Waals surface area (Å²) >= 11 is 9.40. The molecule has 0 spiro atoms. The fraction of sp³-hybridized carbons (Fsp3) is 0.364. The first kappa shape index (κ1) is 12.7. The van der Waals surface area contributed by atoms with Gasteiger partial charge in [0.2, 0.25) is 0 Å². The predicted octanol–water partition coefficient (Wildman–Crippen LogP) is 2.96. The number of fused-ring (bicyclic) bond motifs is 1. The van der Waals surface area contributed by atoms with Crippen LogP contribution in [0.5, 0.6) is 0 Å². The predicted molar refractivity (Wildman–Crippen MR) is 72.4 cm³/mol. The molecule has 1 aliphatic rings. The number of carbonyl (C=O) groups is 1. The number of aromatic nitrogens is 3. The van der Waals surface area contributed by atoms with E-state index >= 15 is 0 Å². The van der Waals surface area contributed by atoms with E-state index in [0.717, 1.165) is 12.8 Å². The molecule has 8 heteroatoms. The van der Waals surface area contributed by atoms with Crippen LogP contribution in [0, 0.1) is 0 Å². The third kappa shape index (κ3) is 1.97. The lowest BCUT2D eigenvalue weighted by Crippen LogP contribution is -2.29. The van der Waals surface area contributed by atoms with Crippen LogP contribution in [0.1, 0.15) is 24.7 Å². The average Bonchev–Trinajstić information content (AvgIpc) is 2.94. The van der Waals surface area contributed by atoms with Gasteiger partial charge in [0.25, 0.3) is 0 Å². The van der Waals surface area contributed by atoms with Gasteiger partial charge in [0.05, 0.1) is 6.04 Å². The molecule has 1 atom stereocenters. The van der Waals surface area contributed by atoms with Gasteiger partial charge in [0, 0.05) is 18.9 Å². The van der Waals surface area contributed by atoms with Gasteiger partial charge in [-0.2, -0.15) is 0 Å². The van der Waals surface area contributed by atoms with Crippen molar-refractivity contribution in [2.75, 3.05) is 6.54 Å². The lowest BCUT2D eigenvalue weighted by Gasteiger charge is -2.20. The summed E-state index contributed by atoms with van der Waals surface area (Å²) in [6, 6.07) is -0.241. The molecule has 1 unspecified atom stereocenters. The second-order valence-corrected chi connectivity index (χ2v) is 5.44. The van der Waals surface area contributed by atoms with Crippen molar-refractivity contribution in [2.45, 2.75) is 18.9 Å². The third-order valence-corrected chi connectivity index (χ3v) is 4.12. The molecular formula is C11H10BrClN4O2. The Morgan fingerprint density at radius 2 is 2.37 bits per heavy atom. The number of likely N-dealkylation sites (tertiary alicyclic amines) is 1. The number of imidazole rings is 1. The minimum Gasteiger partial charge on any atom is -0.465 e. The zero-order chi connectivity index (χ0) is 13.6. The van der Waals surface area contributed by atoms with Gasteiger partial charge in [-0.15, -0.1) is 0 Å². The first-order valence-corrected chi connectivity index (χ1v) is 6.94. The summed E-state index contributed by atoms with van der Waals surface area (Å²) in [7, 11) is 0. The highest BCUT2D eigenvalue weighted by Crippen LogP contribution is 2.34. The number of amides is 1. The quantitative estimate of drug-likeness (QED) is 0.862. The Bertz CT molecular complexity index is 659. The van der Waals surface area contributed by atoms with Crippen LogP contribution in [0.25, 0.3) is 5.52 Å². The summed E-state index contributed by atoms with van der Waals surface area (Å²) in [5, 5.41) is 9.56. The fourth-order valence-corrected chi connectivity index (χ4v) is 3.39. The van der Waals surface area contributed by atoms with E-state index in [2.05, 4.69) is 25.9 Å². The van der Waals surface area contributed by atoms with Gasteiger partial charge in [-0.25, -0.2) is 14.8 Å². The molecule has 0 bridgehead atoms. The minimum absolute atomic E-state index is 0.241. The van der Waals surface area contributed by atoms with Crippen LogP contribution in [-0.2, 0) is 0 Å². The van der Waals surface area contributed by atoms with Crippen LogP contribution in [0.3, 0.4) is 0 Å².